The standard InChI is InChI=1S/C26H44N2Si/c1-15-16(2)18(4)21-14-23-22(13-20(21)17(15)3)24(28(9)10)19(5)25(23)29(11,12)27-26(6,7)8/h13-18,25,27H,1-12H3. The van der Waals surface area contributed by atoms with Crippen molar-refractivity contribution in [1.29, 1.82) is 0 Å². The normalized spacial score (nSPS) is 29.7. The molecule has 0 heterocycles. The Morgan fingerprint density at radius 2 is 1.34 bits per heavy atom. The second kappa shape index (κ2) is 7.27. The number of nitrogens with one attached hydrogen (secondary N) is 1. The number of allylic oxidation sites excluding steroid dienone is 1. The highest BCUT2D eigenvalue weighted by molar-refractivity contribution is 6.77. The van der Waals surface area contributed by atoms with Gasteiger partial charge in [-0.2, -0.15) is 0 Å². The summed E-state index contributed by atoms with van der Waals surface area (Å²) in [6.07, 6.45) is 0. The number of nitrogens with zero attached hydrogens (tertiary/aromatic N) is 1. The van der Waals surface area contributed by atoms with E-state index in [1.807, 2.05) is 0 Å². The predicted octanol–water partition coefficient (Wildman–Crippen LogP) is 6.70. The molecule has 3 rings (SSSR count). The minimum atomic E-state index is -1.76. The van der Waals surface area contributed by atoms with Crippen molar-refractivity contribution in [3.63, 3.8) is 0 Å². The van der Waals surface area contributed by atoms with Crippen LogP contribution in [0.1, 0.15) is 95.0 Å². The molecule has 2 aliphatic rings. The first kappa shape index (κ1) is 22.6. The lowest BCUT2D eigenvalue weighted by Gasteiger charge is -2.41. The van der Waals surface area contributed by atoms with Gasteiger partial charge in [0.05, 0.1) is 0 Å². The van der Waals surface area contributed by atoms with Gasteiger partial charge < -0.3 is 9.88 Å². The molecule has 1 N–H and O–H groups in total. The van der Waals surface area contributed by atoms with Crippen molar-refractivity contribution in [1.82, 2.24) is 9.88 Å². The molecule has 0 spiro atoms. The third-order valence-electron chi connectivity index (χ3n) is 7.88. The Bertz CT molecular complexity index is 828. The fraction of sp³-hybridized carbons (Fsp3) is 0.692. The van der Waals surface area contributed by atoms with Crippen molar-refractivity contribution in [2.75, 3.05) is 14.1 Å². The van der Waals surface area contributed by atoms with Gasteiger partial charge in [0.1, 0.15) is 8.24 Å². The molecular weight excluding hydrogens is 368 g/mol. The Hall–Kier alpha value is -1.06. The van der Waals surface area contributed by atoms with Crippen LogP contribution >= 0.6 is 0 Å². The highest BCUT2D eigenvalue weighted by Gasteiger charge is 2.45. The van der Waals surface area contributed by atoms with Crippen LogP contribution in [0, 0.1) is 11.8 Å². The van der Waals surface area contributed by atoms with Crippen LogP contribution in [0.15, 0.2) is 17.7 Å². The lowest BCUT2D eigenvalue weighted by atomic mass is 9.65. The minimum Gasteiger partial charge on any atom is -0.377 e. The van der Waals surface area contributed by atoms with E-state index in [0.29, 0.717) is 17.4 Å². The lowest BCUT2D eigenvalue weighted by molar-refractivity contribution is 0.273. The molecule has 0 radical (unpaired) electrons. The van der Waals surface area contributed by atoms with Crippen LogP contribution in [0.3, 0.4) is 0 Å². The van der Waals surface area contributed by atoms with Crippen LogP contribution < -0.4 is 4.98 Å². The zero-order valence-electron chi connectivity index (χ0n) is 21.0. The molecular formula is C26H44N2Si. The van der Waals surface area contributed by atoms with E-state index in [0.717, 1.165) is 11.8 Å². The Morgan fingerprint density at radius 1 is 0.862 bits per heavy atom. The van der Waals surface area contributed by atoms with Crippen LogP contribution in [-0.2, 0) is 0 Å². The molecule has 2 nitrogen and oxygen atoms in total. The molecule has 5 atom stereocenters. The van der Waals surface area contributed by atoms with E-state index in [-0.39, 0.29) is 5.54 Å². The molecule has 3 heteroatoms. The molecule has 0 fully saturated rings. The van der Waals surface area contributed by atoms with Gasteiger partial charge in [-0.15, -0.1) is 0 Å². The fourth-order valence-corrected chi connectivity index (χ4v) is 10.8. The van der Waals surface area contributed by atoms with E-state index < -0.39 is 8.24 Å². The first-order valence-corrected chi connectivity index (χ1v) is 14.6. The molecule has 1 aromatic rings. The summed E-state index contributed by atoms with van der Waals surface area (Å²) in [5.74, 6) is 2.72. The Labute approximate surface area is 181 Å². The van der Waals surface area contributed by atoms with Crippen LogP contribution in [-0.4, -0.2) is 32.8 Å². The van der Waals surface area contributed by atoms with Crippen LogP contribution in [0.4, 0.5) is 0 Å². The van der Waals surface area contributed by atoms with Gasteiger partial charge in [0.15, 0.2) is 0 Å². The maximum atomic E-state index is 4.07. The smallest absolute Gasteiger partial charge is 0.131 e. The van der Waals surface area contributed by atoms with Gasteiger partial charge in [0.2, 0.25) is 0 Å². The van der Waals surface area contributed by atoms with Crippen molar-refractivity contribution in [3.8, 4) is 0 Å². The van der Waals surface area contributed by atoms with Crippen LogP contribution in [0.5, 0.6) is 0 Å². The summed E-state index contributed by atoms with van der Waals surface area (Å²) in [5.41, 5.74) is 9.95. The second-order valence-corrected chi connectivity index (χ2v) is 16.1. The first-order valence-electron chi connectivity index (χ1n) is 11.5. The fourth-order valence-electron chi connectivity index (χ4n) is 6.51. The summed E-state index contributed by atoms with van der Waals surface area (Å²) in [7, 11) is 2.67. The first-order chi connectivity index (χ1) is 13.2. The van der Waals surface area contributed by atoms with Crippen molar-refractivity contribution in [2.45, 2.75) is 91.4 Å². The van der Waals surface area contributed by atoms with Crippen molar-refractivity contribution in [2.24, 2.45) is 11.8 Å². The molecule has 0 aromatic heterocycles. The van der Waals surface area contributed by atoms with E-state index in [9.17, 15) is 0 Å². The van der Waals surface area contributed by atoms with Gasteiger partial charge in [-0.3, -0.25) is 0 Å². The van der Waals surface area contributed by atoms with Gasteiger partial charge in [-0.25, -0.2) is 0 Å². The van der Waals surface area contributed by atoms with Crippen molar-refractivity contribution >= 4 is 13.9 Å². The summed E-state index contributed by atoms with van der Waals surface area (Å²) in [6.45, 7) is 24.1. The SMILES string of the molecule is CC1=C(N(C)C)c2cc3c(cc2C1[Si](C)(C)NC(C)(C)C)C(C)C(C)C(C)C3C. The monoisotopic (exact) mass is 412 g/mol. The Morgan fingerprint density at radius 3 is 1.79 bits per heavy atom. The summed E-state index contributed by atoms with van der Waals surface area (Å²) >= 11 is 0. The molecule has 162 valence electrons. The summed E-state index contributed by atoms with van der Waals surface area (Å²) in [6, 6.07) is 5.20. The Kier molecular flexibility index (Phi) is 5.67. The molecule has 0 aliphatic heterocycles. The zero-order chi connectivity index (χ0) is 22.0. The third-order valence-corrected chi connectivity index (χ3v) is 11.5. The van der Waals surface area contributed by atoms with Crippen LogP contribution in [0.2, 0.25) is 13.1 Å². The van der Waals surface area contributed by atoms with E-state index in [1.54, 1.807) is 22.3 Å². The van der Waals surface area contributed by atoms with Gasteiger partial charge in [0, 0.05) is 36.4 Å². The molecule has 0 bridgehead atoms. The molecule has 0 saturated carbocycles. The average molecular weight is 413 g/mol. The highest BCUT2D eigenvalue weighted by atomic mass is 28.3. The molecule has 29 heavy (non-hydrogen) atoms. The number of fused-ring (bicyclic) bond motifs is 2. The quantitative estimate of drug-likeness (QED) is 0.556. The number of rotatable bonds is 3. The average Bonchev–Trinajstić information content (AvgIpc) is 2.86. The van der Waals surface area contributed by atoms with Gasteiger partial charge in [0.25, 0.3) is 0 Å². The maximum absolute atomic E-state index is 4.07. The highest BCUT2D eigenvalue weighted by Crippen LogP contribution is 2.52. The minimum absolute atomic E-state index is 0.136. The Balaban J connectivity index is 2.23. The summed E-state index contributed by atoms with van der Waals surface area (Å²) in [4.78, 5) is 6.42. The van der Waals surface area contributed by atoms with E-state index in [4.69, 9.17) is 0 Å². The van der Waals surface area contributed by atoms with E-state index in [1.165, 1.54) is 11.3 Å². The number of hydrogen-bond donors (Lipinski definition) is 1. The van der Waals surface area contributed by atoms with Gasteiger partial charge >= 0.3 is 0 Å². The van der Waals surface area contributed by atoms with Crippen molar-refractivity contribution < 1.29 is 0 Å². The summed E-state index contributed by atoms with van der Waals surface area (Å²) < 4.78 is 0. The van der Waals surface area contributed by atoms with Crippen molar-refractivity contribution in [3.05, 3.63) is 40.0 Å². The van der Waals surface area contributed by atoms with Gasteiger partial charge in [-0.05, 0) is 79.7 Å². The van der Waals surface area contributed by atoms with E-state index >= 15 is 0 Å². The molecule has 0 amide bonds. The topological polar surface area (TPSA) is 15.3 Å². The third kappa shape index (κ3) is 3.74. The molecule has 5 unspecified atom stereocenters. The second-order valence-electron chi connectivity index (χ2n) is 11.8. The predicted molar refractivity (Wildman–Crippen MR) is 131 cm³/mol. The molecule has 0 saturated heterocycles. The largest absolute Gasteiger partial charge is 0.377 e. The van der Waals surface area contributed by atoms with Crippen LogP contribution in [0.25, 0.3) is 5.70 Å². The summed E-state index contributed by atoms with van der Waals surface area (Å²) in [5, 5.41) is 0. The zero-order valence-corrected chi connectivity index (χ0v) is 22.0. The van der Waals surface area contributed by atoms with E-state index in [2.05, 4.69) is 105 Å². The molecule has 1 aromatic carbocycles. The molecule has 2 aliphatic carbocycles. The number of benzene rings is 1. The number of hydrogen-bond acceptors (Lipinski definition) is 2. The maximum Gasteiger partial charge on any atom is 0.131 e. The lowest BCUT2D eigenvalue weighted by Crippen LogP contribution is -2.58. The van der Waals surface area contributed by atoms with Gasteiger partial charge in [-0.1, -0.05) is 46.9 Å².